The number of ether oxygens (including phenoxy) is 1. The maximum absolute atomic E-state index is 14.6. The highest BCUT2D eigenvalue weighted by Crippen LogP contribution is 2.34. The second-order valence-electron chi connectivity index (χ2n) is 12.4. The van der Waals surface area contributed by atoms with Crippen LogP contribution in [-0.2, 0) is 20.7 Å². The van der Waals surface area contributed by atoms with Crippen molar-refractivity contribution in [3.63, 3.8) is 0 Å². The molecule has 0 fully saturated rings. The number of anilines is 1. The first-order chi connectivity index (χ1) is 21.9. The Morgan fingerprint density at radius 1 is 0.891 bits per heavy atom. The molecule has 0 bridgehead atoms. The minimum absolute atomic E-state index is 0.0663. The van der Waals surface area contributed by atoms with Crippen LogP contribution in [0.2, 0.25) is 0 Å². The number of alkyl carbamates (subject to hydrolysis) is 1. The number of fused-ring (bicyclic) bond motifs is 1. The molecule has 0 aliphatic carbocycles. The van der Waals surface area contributed by atoms with Crippen molar-refractivity contribution in [2.75, 3.05) is 11.9 Å². The first kappa shape index (κ1) is 33.8. The van der Waals surface area contributed by atoms with Crippen molar-refractivity contribution in [3.05, 3.63) is 102 Å². The molecule has 4 N–H and O–H groups in total. The van der Waals surface area contributed by atoms with Gasteiger partial charge in [0.05, 0.1) is 0 Å². The van der Waals surface area contributed by atoms with Crippen LogP contribution in [0.1, 0.15) is 63.3 Å². The van der Waals surface area contributed by atoms with Gasteiger partial charge in [-0.1, -0.05) is 74.0 Å². The van der Waals surface area contributed by atoms with E-state index in [2.05, 4.69) is 10.6 Å². The van der Waals surface area contributed by atoms with Gasteiger partial charge in [0.15, 0.2) is 0 Å². The maximum Gasteiger partial charge on any atom is 0.408 e. The third-order valence-corrected chi connectivity index (χ3v) is 7.54. The molecule has 4 aromatic rings. The monoisotopic (exact) mass is 625 g/mol. The fraction of sp³-hybridized carbons (Fsp3) is 0.324. The summed E-state index contributed by atoms with van der Waals surface area (Å²) < 4.78 is 5.50. The number of phenolic OH excluding ortho intramolecular Hbond substituents is 2. The van der Waals surface area contributed by atoms with Crippen molar-refractivity contribution in [2.24, 2.45) is 0 Å². The van der Waals surface area contributed by atoms with Crippen LogP contribution in [0, 0.1) is 6.92 Å². The van der Waals surface area contributed by atoms with Crippen molar-refractivity contribution < 1.29 is 29.3 Å². The summed E-state index contributed by atoms with van der Waals surface area (Å²) in [5, 5.41) is 28.7. The van der Waals surface area contributed by atoms with Gasteiger partial charge in [-0.05, 0) is 80.3 Å². The molecule has 2 atom stereocenters. The van der Waals surface area contributed by atoms with Crippen LogP contribution in [0.4, 0.5) is 10.5 Å². The predicted molar refractivity (Wildman–Crippen MR) is 180 cm³/mol. The van der Waals surface area contributed by atoms with E-state index in [0.717, 1.165) is 17.2 Å². The summed E-state index contributed by atoms with van der Waals surface area (Å²) in [5.41, 5.74) is 1.22. The first-order valence-electron chi connectivity index (χ1n) is 15.5. The molecule has 0 radical (unpaired) electrons. The fourth-order valence-electron chi connectivity index (χ4n) is 5.24. The van der Waals surface area contributed by atoms with Gasteiger partial charge in [-0.25, -0.2) is 4.79 Å². The van der Waals surface area contributed by atoms with Crippen LogP contribution in [0.3, 0.4) is 0 Å². The van der Waals surface area contributed by atoms with Crippen molar-refractivity contribution >= 4 is 34.4 Å². The van der Waals surface area contributed by atoms with E-state index in [1.165, 1.54) is 17.0 Å². The highest BCUT2D eigenvalue weighted by Gasteiger charge is 2.37. The number of aromatic hydroxyl groups is 2. The van der Waals surface area contributed by atoms with E-state index in [4.69, 9.17) is 4.74 Å². The van der Waals surface area contributed by atoms with Gasteiger partial charge >= 0.3 is 6.09 Å². The van der Waals surface area contributed by atoms with E-state index in [-0.39, 0.29) is 30.0 Å². The molecule has 3 amide bonds. The molecule has 0 saturated carbocycles. The zero-order valence-electron chi connectivity index (χ0n) is 27.0. The lowest BCUT2D eigenvalue weighted by atomic mass is 9.97. The predicted octanol–water partition coefficient (Wildman–Crippen LogP) is 7.00. The molecule has 0 aromatic heterocycles. The lowest BCUT2D eigenvalue weighted by molar-refractivity contribution is -0.141. The third kappa shape index (κ3) is 8.78. The number of unbranched alkanes of at least 4 members (excludes halogenated alkanes) is 1. The zero-order valence-corrected chi connectivity index (χ0v) is 27.0. The van der Waals surface area contributed by atoms with E-state index in [9.17, 15) is 24.6 Å². The molecule has 242 valence electrons. The number of carbonyl (C=O) groups excluding carboxylic acids is 3. The van der Waals surface area contributed by atoms with Crippen LogP contribution in [0.15, 0.2) is 84.9 Å². The van der Waals surface area contributed by atoms with Gasteiger partial charge in [0.25, 0.3) is 5.91 Å². The van der Waals surface area contributed by atoms with Crippen LogP contribution in [0.25, 0.3) is 10.8 Å². The number of nitrogens with zero attached hydrogens (tertiary/aromatic N) is 1. The van der Waals surface area contributed by atoms with Crippen LogP contribution < -0.4 is 10.6 Å². The number of hydrogen-bond donors (Lipinski definition) is 4. The van der Waals surface area contributed by atoms with Gasteiger partial charge in [0, 0.05) is 24.2 Å². The van der Waals surface area contributed by atoms with Crippen LogP contribution >= 0.6 is 0 Å². The Kier molecular flexibility index (Phi) is 10.9. The molecule has 0 spiro atoms. The minimum Gasteiger partial charge on any atom is -0.508 e. The summed E-state index contributed by atoms with van der Waals surface area (Å²) in [6, 6.07) is 22.4. The topological polar surface area (TPSA) is 128 Å². The average Bonchev–Trinajstić information content (AvgIpc) is 3.00. The van der Waals surface area contributed by atoms with Crippen LogP contribution in [-0.4, -0.2) is 51.2 Å². The maximum atomic E-state index is 14.6. The van der Waals surface area contributed by atoms with Crippen molar-refractivity contribution in [3.8, 4) is 11.5 Å². The molecule has 9 nitrogen and oxygen atoms in total. The van der Waals surface area contributed by atoms with Gasteiger partial charge in [-0.2, -0.15) is 0 Å². The number of carbonyl (C=O) groups is 3. The number of benzene rings is 4. The Hall–Kier alpha value is -5.05. The lowest BCUT2D eigenvalue weighted by Gasteiger charge is -2.35. The van der Waals surface area contributed by atoms with Crippen molar-refractivity contribution in [1.82, 2.24) is 10.2 Å². The number of rotatable bonds is 11. The van der Waals surface area contributed by atoms with Gasteiger partial charge in [0.2, 0.25) is 5.91 Å². The Morgan fingerprint density at radius 3 is 2.26 bits per heavy atom. The standard InChI is InChI=1S/C37H43N3O6/c1-6-7-21-40(35(44)31(39-36(45)46-37(3,4)5)22-25-15-19-29(41)20-16-25)32(30-14-10-11-24(2)33(30)42)34(43)38-28-18-17-26-12-8-9-13-27(26)23-28/h8-20,23,31-32,41-42H,6-7,21-22H2,1-5H3,(H,38,43)(H,39,45). The molecule has 46 heavy (non-hydrogen) atoms. The second kappa shape index (κ2) is 14.8. The van der Waals surface area contributed by atoms with Crippen LogP contribution in [0.5, 0.6) is 11.5 Å². The highest BCUT2D eigenvalue weighted by molar-refractivity contribution is 6.01. The van der Waals surface area contributed by atoms with Gasteiger partial charge in [-0.3, -0.25) is 9.59 Å². The minimum atomic E-state index is -1.23. The molecule has 2 unspecified atom stereocenters. The van der Waals surface area contributed by atoms with Gasteiger partial charge in [-0.15, -0.1) is 0 Å². The van der Waals surface area contributed by atoms with E-state index in [1.54, 1.807) is 64.1 Å². The largest absolute Gasteiger partial charge is 0.508 e. The van der Waals surface area contributed by atoms with E-state index >= 15 is 0 Å². The van der Waals surface area contributed by atoms with E-state index in [1.807, 2.05) is 43.3 Å². The number of para-hydroxylation sites is 1. The Labute approximate surface area is 270 Å². The molecular formula is C37H43N3O6. The Bertz CT molecular complexity index is 1680. The summed E-state index contributed by atoms with van der Waals surface area (Å²) in [6.07, 6.45) is 0.580. The quantitative estimate of drug-likeness (QED) is 0.142. The number of amides is 3. The number of phenols is 2. The normalized spacial score (nSPS) is 12.6. The van der Waals surface area contributed by atoms with Crippen molar-refractivity contribution in [2.45, 2.75) is 71.6 Å². The fourth-order valence-corrected chi connectivity index (χ4v) is 5.24. The highest BCUT2D eigenvalue weighted by atomic mass is 16.6. The van der Waals surface area contributed by atoms with Gasteiger partial charge < -0.3 is 30.5 Å². The molecular weight excluding hydrogens is 582 g/mol. The number of aryl methyl sites for hydroxylation is 1. The number of nitrogens with one attached hydrogen (secondary N) is 2. The summed E-state index contributed by atoms with van der Waals surface area (Å²) in [4.78, 5) is 43.3. The van der Waals surface area contributed by atoms with Crippen molar-refractivity contribution in [1.29, 1.82) is 0 Å². The van der Waals surface area contributed by atoms with Gasteiger partial charge in [0.1, 0.15) is 29.2 Å². The summed E-state index contributed by atoms with van der Waals surface area (Å²) in [7, 11) is 0. The smallest absolute Gasteiger partial charge is 0.408 e. The van der Waals surface area contributed by atoms with E-state index in [0.29, 0.717) is 23.2 Å². The number of hydrogen-bond acceptors (Lipinski definition) is 6. The average molecular weight is 626 g/mol. The summed E-state index contributed by atoms with van der Waals surface area (Å²) in [6.45, 7) is 9.07. The molecule has 0 heterocycles. The molecule has 0 aliphatic rings. The Balaban J connectivity index is 1.78. The SMILES string of the molecule is CCCCN(C(=O)C(Cc1ccc(O)cc1)NC(=O)OC(C)(C)C)C(C(=O)Nc1ccc2ccccc2c1)c1cccc(C)c1O. The zero-order chi connectivity index (χ0) is 33.4. The third-order valence-electron chi connectivity index (χ3n) is 7.54. The lowest BCUT2D eigenvalue weighted by Crippen LogP contribution is -2.53. The molecule has 4 aromatic carbocycles. The summed E-state index contributed by atoms with van der Waals surface area (Å²) >= 11 is 0. The first-order valence-corrected chi connectivity index (χ1v) is 15.5. The second-order valence-corrected chi connectivity index (χ2v) is 12.4. The molecule has 0 saturated heterocycles. The molecule has 4 rings (SSSR count). The molecule has 9 heteroatoms. The molecule has 0 aliphatic heterocycles. The summed E-state index contributed by atoms with van der Waals surface area (Å²) in [5.74, 6) is -1.06. The van der Waals surface area contributed by atoms with E-state index < -0.39 is 35.6 Å². The Morgan fingerprint density at radius 2 is 1.59 bits per heavy atom.